The van der Waals surface area contributed by atoms with Crippen LogP contribution in [-0.4, -0.2) is 0 Å². The summed E-state index contributed by atoms with van der Waals surface area (Å²) < 4.78 is 1.19. The summed E-state index contributed by atoms with van der Waals surface area (Å²) in [7, 11) is 0. The first kappa shape index (κ1) is 15.8. The van der Waals surface area contributed by atoms with Crippen LogP contribution in [0.15, 0.2) is 95.5 Å². The van der Waals surface area contributed by atoms with Crippen molar-refractivity contribution in [3.63, 3.8) is 0 Å². The van der Waals surface area contributed by atoms with Crippen LogP contribution in [0.5, 0.6) is 0 Å². The van der Waals surface area contributed by atoms with Gasteiger partial charge in [0.1, 0.15) is 0 Å². The lowest BCUT2D eigenvalue weighted by molar-refractivity contribution is 0.995. The molecule has 0 atom stereocenters. The molecule has 0 unspecified atom stereocenters. The Labute approximate surface area is 146 Å². The lowest BCUT2D eigenvalue weighted by atomic mass is 9.96. The van der Waals surface area contributed by atoms with Crippen LogP contribution in [0.2, 0.25) is 0 Å². The smallest absolute Gasteiger partial charge is 0.0207 e. The molecule has 0 N–H and O–H groups in total. The van der Waals surface area contributed by atoms with Crippen molar-refractivity contribution in [3.8, 4) is 0 Å². The van der Waals surface area contributed by atoms with Gasteiger partial charge in [0.15, 0.2) is 0 Å². The Bertz CT molecular complexity index is 732. The molecular formula is C22H19Br. The Morgan fingerprint density at radius 3 is 1.78 bits per heavy atom. The van der Waals surface area contributed by atoms with Crippen LogP contribution >= 0.6 is 15.9 Å². The standard InChI is InChI=1S/C22H19Br/c23-22-17-8-7-14-20(22)15-9-16-21(18-10-3-1-4-11-18)19-12-5-2-6-13-19/h1-8,10-14,16-17H,9,15H2. The highest BCUT2D eigenvalue weighted by atomic mass is 79.9. The summed E-state index contributed by atoms with van der Waals surface area (Å²) >= 11 is 3.63. The van der Waals surface area contributed by atoms with Gasteiger partial charge in [-0.25, -0.2) is 0 Å². The summed E-state index contributed by atoms with van der Waals surface area (Å²) in [4.78, 5) is 0. The quantitative estimate of drug-likeness (QED) is 0.484. The highest BCUT2D eigenvalue weighted by molar-refractivity contribution is 9.10. The van der Waals surface area contributed by atoms with Crippen molar-refractivity contribution in [3.05, 3.63) is 112 Å². The van der Waals surface area contributed by atoms with Gasteiger partial charge in [0, 0.05) is 4.47 Å². The van der Waals surface area contributed by atoms with E-state index in [2.05, 4.69) is 107 Å². The minimum Gasteiger partial charge on any atom is -0.0757 e. The van der Waals surface area contributed by atoms with E-state index in [1.807, 2.05) is 0 Å². The minimum absolute atomic E-state index is 1.02. The SMILES string of the molecule is Brc1ccccc1CCC=C(c1ccccc1)c1ccccc1. The van der Waals surface area contributed by atoms with E-state index < -0.39 is 0 Å². The fraction of sp³-hybridized carbons (Fsp3) is 0.0909. The molecule has 3 aromatic carbocycles. The molecule has 0 radical (unpaired) electrons. The molecule has 0 aliphatic rings. The van der Waals surface area contributed by atoms with E-state index in [0.29, 0.717) is 0 Å². The highest BCUT2D eigenvalue weighted by Gasteiger charge is 2.04. The van der Waals surface area contributed by atoms with E-state index >= 15 is 0 Å². The monoisotopic (exact) mass is 362 g/mol. The lowest BCUT2D eigenvalue weighted by Gasteiger charge is -2.09. The van der Waals surface area contributed by atoms with Crippen molar-refractivity contribution >= 4 is 21.5 Å². The molecular weight excluding hydrogens is 344 g/mol. The predicted molar refractivity (Wildman–Crippen MR) is 102 cm³/mol. The molecule has 23 heavy (non-hydrogen) atoms. The predicted octanol–water partition coefficient (Wildman–Crippen LogP) is 6.51. The van der Waals surface area contributed by atoms with Gasteiger partial charge in [-0.1, -0.05) is 101 Å². The summed E-state index contributed by atoms with van der Waals surface area (Å²) in [5.74, 6) is 0. The molecule has 0 saturated heterocycles. The van der Waals surface area contributed by atoms with E-state index in [1.165, 1.54) is 26.7 Å². The largest absolute Gasteiger partial charge is 0.0757 e. The van der Waals surface area contributed by atoms with Gasteiger partial charge in [-0.15, -0.1) is 0 Å². The normalized spacial score (nSPS) is 10.3. The first-order valence-corrected chi connectivity index (χ1v) is 8.68. The third kappa shape index (κ3) is 4.20. The van der Waals surface area contributed by atoms with Gasteiger partial charge in [0.25, 0.3) is 0 Å². The van der Waals surface area contributed by atoms with Crippen LogP contribution in [0, 0.1) is 0 Å². The number of aryl methyl sites for hydroxylation is 1. The van der Waals surface area contributed by atoms with Gasteiger partial charge in [-0.3, -0.25) is 0 Å². The summed E-state index contributed by atoms with van der Waals surface area (Å²) in [6.07, 6.45) is 4.40. The lowest BCUT2D eigenvalue weighted by Crippen LogP contribution is -1.90. The van der Waals surface area contributed by atoms with Gasteiger partial charge >= 0.3 is 0 Å². The van der Waals surface area contributed by atoms with E-state index in [1.54, 1.807) is 0 Å². The number of rotatable bonds is 5. The molecule has 0 aromatic heterocycles. The highest BCUT2D eigenvalue weighted by Crippen LogP contribution is 2.25. The fourth-order valence-electron chi connectivity index (χ4n) is 2.71. The maximum absolute atomic E-state index is 3.63. The number of hydrogen-bond donors (Lipinski definition) is 0. The zero-order chi connectivity index (χ0) is 15.9. The molecule has 0 fully saturated rings. The second kappa shape index (κ2) is 7.94. The average Bonchev–Trinajstić information content (AvgIpc) is 2.62. The summed E-state index contributed by atoms with van der Waals surface area (Å²) in [6.45, 7) is 0. The Morgan fingerprint density at radius 2 is 1.22 bits per heavy atom. The van der Waals surface area contributed by atoms with Gasteiger partial charge < -0.3 is 0 Å². The number of halogens is 1. The van der Waals surface area contributed by atoms with Crippen LogP contribution in [-0.2, 0) is 6.42 Å². The molecule has 0 bridgehead atoms. The first-order valence-electron chi connectivity index (χ1n) is 7.89. The molecule has 0 aliphatic carbocycles. The van der Waals surface area contributed by atoms with Crippen molar-refractivity contribution in [2.24, 2.45) is 0 Å². The Morgan fingerprint density at radius 1 is 0.696 bits per heavy atom. The summed E-state index contributed by atoms with van der Waals surface area (Å²) in [6, 6.07) is 29.7. The zero-order valence-corrected chi connectivity index (χ0v) is 14.5. The van der Waals surface area contributed by atoms with Crippen molar-refractivity contribution in [1.82, 2.24) is 0 Å². The minimum atomic E-state index is 1.02. The molecule has 3 aromatic rings. The molecule has 3 rings (SSSR count). The van der Waals surface area contributed by atoms with Gasteiger partial charge in [-0.2, -0.15) is 0 Å². The van der Waals surface area contributed by atoms with Gasteiger partial charge in [0.05, 0.1) is 0 Å². The third-order valence-electron chi connectivity index (χ3n) is 3.89. The molecule has 0 nitrogen and oxygen atoms in total. The van der Waals surface area contributed by atoms with Crippen LogP contribution in [0.4, 0.5) is 0 Å². The van der Waals surface area contributed by atoms with Crippen molar-refractivity contribution in [2.75, 3.05) is 0 Å². The van der Waals surface area contributed by atoms with Crippen LogP contribution in [0.3, 0.4) is 0 Å². The van der Waals surface area contributed by atoms with Gasteiger partial charge in [-0.05, 0) is 41.2 Å². The molecule has 0 spiro atoms. The van der Waals surface area contributed by atoms with Crippen LogP contribution < -0.4 is 0 Å². The second-order valence-electron chi connectivity index (χ2n) is 5.48. The van der Waals surface area contributed by atoms with Crippen molar-refractivity contribution in [1.29, 1.82) is 0 Å². The number of allylic oxidation sites excluding steroid dienone is 1. The summed E-state index contributed by atoms with van der Waals surface area (Å²) in [5, 5.41) is 0. The second-order valence-corrected chi connectivity index (χ2v) is 6.33. The van der Waals surface area contributed by atoms with Crippen LogP contribution in [0.25, 0.3) is 5.57 Å². The van der Waals surface area contributed by atoms with Crippen molar-refractivity contribution < 1.29 is 0 Å². The molecule has 0 saturated carbocycles. The van der Waals surface area contributed by atoms with Crippen LogP contribution in [0.1, 0.15) is 23.1 Å². The zero-order valence-electron chi connectivity index (χ0n) is 13.0. The summed E-state index contributed by atoms with van der Waals surface area (Å²) in [5.41, 5.74) is 5.19. The van der Waals surface area contributed by atoms with E-state index in [4.69, 9.17) is 0 Å². The Hall–Kier alpha value is -2.12. The van der Waals surface area contributed by atoms with Crippen molar-refractivity contribution in [2.45, 2.75) is 12.8 Å². The van der Waals surface area contributed by atoms with E-state index in [9.17, 15) is 0 Å². The molecule has 0 heterocycles. The maximum atomic E-state index is 3.63. The number of hydrogen-bond acceptors (Lipinski definition) is 0. The number of benzene rings is 3. The average molecular weight is 363 g/mol. The third-order valence-corrected chi connectivity index (χ3v) is 4.66. The Kier molecular flexibility index (Phi) is 5.44. The fourth-order valence-corrected chi connectivity index (χ4v) is 3.19. The molecule has 1 heteroatoms. The van der Waals surface area contributed by atoms with E-state index in [0.717, 1.165) is 12.8 Å². The maximum Gasteiger partial charge on any atom is 0.0207 e. The first-order chi connectivity index (χ1) is 11.3. The Balaban J connectivity index is 1.85. The molecule has 0 amide bonds. The van der Waals surface area contributed by atoms with Gasteiger partial charge in [0.2, 0.25) is 0 Å². The topological polar surface area (TPSA) is 0 Å². The molecule has 0 aliphatic heterocycles. The molecule has 114 valence electrons. The van der Waals surface area contributed by atoms with E-state index in [-0.39, 0.29) is 0 Å².